The van der Waals surface area contributed by atoms with Crippen LogP contribution in [-0.2, 0) is 40.0 Å². The first kappa shape index (κ1) is 55.1. The van der Waals surface area contributed by atoms with Crippen LogP contribution < -0.4 is 30.2 Å². The number of Topliss-reactive ketones (excluding diaryl/α,β-unsaturated/α-hetero) is 2. The van der Waals surface area contributed by atoms with Gasteiger partial charge in [0, 0.05) is 49.9 Å². The number of carbonyl (C=O) groups is 9. The topological polar surface area (TPSA) is 224 Å². The lowest BCUT2D eigenvalue weighted by Crippen LogP contribution is -2.54. The van der Waals surface area contributed by atoms with Crippen LogP contribution in [0.4, 0.5) is 5.69 Å². The fraction of sp³-hybridized carbons (Fsp3) is 0.482. The summed E-state index contributed by atoms with van der Waals surface area (Å²) < 4.78 is 16.7. The summed E-state index contributed by atoms with van der Waals surface area (Å²) in [5, 5.41) is 7.95. The van der Waals surface area contributed by atoms with Crippen molar-refractivity contribution in [3.63, 3.8) is 0 Å². The molecule has 0 aromatic heterocycles. The van der Waals surface area contributed by atoms with Crippen molar-refractivity contribution in [2.24, 2.45) is 5.41 Å². The lowest BCUT2D eigenvalue weighted by Gasteiger charge is -2.39. The lowest BCUT2D eigenvalue weighted by molar-refractivity contribution is -0.151. The molecule has 73 heavy (non-hydrogen) atoms. The Kier molecular flexibility index (Phi) is 19.2. The summed E-state index contributed by atoms with van der Waals surface area (Å²) >= 11 is 0. The molecule has 390 valence electrons. The van der Waals surface area contributed by atoms with E-state index in [0.717, 1.165) is 40.9 Å². The minimum absolute atomic E-state index is 0.00571. The van der Waals surface area contributed by atoms with E-state index >= 15 is 0 Å². The zero-order valence-corrected chi connectivity index (χ0v) is 42.7. The number of aryl methyl sites for hydroxylation is 1. The van der Waals surface area contributed by atoms with E-state index in [-0.39, 0.29) is 90.9 Å². The van der Waals surface area contributed by atoms with Crippen LogP contribution in [0.2, 0.25) is 0 Å². The van der Waals surface area contributed by atoms with Crippen molar-refractivity contribution in [2.45, 2.75) is 135 Å². The number of benzene rings is 3. The standard InChI is InChI=1S/C56H69N5O12/c1-7-56(3,4)51(66)55(70)60-30-12-10-19-42(60)35(2)31-38(23-21-36-22-25-44(71-5)46(32-36)72-6)37-15-13-16-39(33-37)58-48(64)28-27-47(63)57-29-11-8-9-17-40(62)34-73-45-20-14-18-41-50(45)54(69)61(53(41)68)43-24-26-49(65)59-52(43)67/h13-16,18,20,22,25,32-33,38,42-43H,2,7-12,17,19,21,23-24,26-31,34H2,1,3-6H3,(H,57,63)(H,58,64)(H,59,65,67)/t38-,42?,43?/m0/s1. The first-order chi connectivity index (χ1) is 35.0. The maximum Gasteiger partial charge on any atom is 0.291 e. The van der Waals surface area contributed by atoms with E-state index in [9.17, 15) is 43.2 Å². The Balaban J connectivity index is 0.958. The van der Waals surface area contributed by atoms with Crippen molar-refractivity contribution in [3.05, 3.63) is 95.1 Å². The molecule has 3 aliphatic rings. The number of fused-ring (bicyclic) bond motifs is 1. The Morgan fingerprint density at radius 3 is 2.33 bits per heavy atom. The minimum Gasteiger partial charge on any atom is -0.493 e. The molecule has 3 aromatic rings. The van der Waals surface area contributed by atoms with Gasteiger partial charge in [-0.25, -0.2) is 0 Å². The maximum absolute atomic E-state index is 13.7. The number of ether oxygens (including phenoxy) is 3. The Morgan fingerprint density at radius 1 is 0.836 bits per heavy atom. The molecule has 0 spiro atoms. The number of piperidine rings is 2. The number of anilines is 1. The smallest absolute Gasteiger partial charge is 0.291 e. The van der Waals surface area contributed by atoms with Gasteiger partial charge < -0.3 is 29.7 Å². The summed E-state index contributed by atoms with van der Waals surface area (Å²) in [6, 6.07) is 16.5. The summed E-state index contributed by atoms with van der Waals surface area (Å²) in [6.07, 6.45) is 6.86. The van der Waals surface area contributed by atoms with Crippen molar-refractivity contribution in [3.8, 4) is 17.2 Å². The molecule has 2 unspecified atom stereocenters. The molecule has 7 amide bonds. The van der Waals surface area contributed by atoms with Gasteiger partial charge in [0.2, 0.25) is 29.4 Å². The van der Waals surface area contributed by atoms with Gasteiger partial charge in [0.15, 0.2) is 17.3 Å². The highest BCUT2D eigenvalue weighted by molar-refractivity contribution is 6.38. The normalized spacial score (nSPS) is 17.1. The van der Waals surface area contributed by atoms with E-state index in [4.69, 9.17) is 14.2 Å². The van der Waals surface area contributed by atoms with E-state index in [1.54, 1.807) is 25.2 Å². The number of nitrogens with one attached hydrogen (secondary N) is 3. The highest BCUT2D eigenvalue weighted by Gasteiger charge is 2.46. The number of ketones is 2. The molecule has 0 aliphatic carbocycles. The molecular weight excluding hydrogens is 935 g/mol. The Morgan fingerprint density at radius 2 is 1.59 bits per heavy atom. The third kappa shape index (κ3) is 14.1. The second-order valence-electron chi connectivity index (χ2n) is 19.7. The average Bonchev–Trinajstić information content (AvgIpc) is 3.64. The third-order valence-corrected chi connectivity index (χ3v) is 14.2. The fourth-order valence-corrected chi connectivity index (χ4v) is 9.49. The van der Waals surface area contributed by atoms with Crippen LogP contribution in [0, 0.1) is 5.41 Å². The van der Waals surface area contributed by atoms with Gasteiger partial charge in [-0.2, -0.15) is 0 Å². The van der Waals surface area contributed by atoms with Crippen molar-refractivity contribution in [2.75, 3.05) is 39.2 Å². The van der Waals surface area contributed by atoms with Crippen LogP contribution in [0.5, 0.6) is 17.2 Å². The zero-order valence-electron chi connectivity index (χ0n) is 42.7. The van der Waals surface area contributed by atoms with E-state index in [1.165, 1.54) is 18.2 Å². The molecule has 3 aromatic carbocycles. The molecular formula is C56H69N5O12. The van der Waals surface area contributed by atoms with Crippen LogP contribution in [0.25, 0.3) is 0 Å². The zero-order chi connectivity index (χ0) is 52.8. The summed E-state index contributed by atoms with van der Waals surface area (Å²) in [4.78, 5) is 119. The number of nitrogens with zero attached hydrogens (tertiary/aromatic N) is 2. The van der Waals surface area contributed by atoms with Crippen molar-refractivity contribution >= 4 is 58.6 Å². The van der Waals surface area contributed by atoms with Crippen LogP contribution >= 0.6 is 0 Å². The van der Waals surface area contributed by atoms with Gasteiger partial charge in [-0.15, -0.1) is 0 Å². The Bertz CT molecular complexity index is 2610. The molecule has 0 saturated carbocycles. The molecule has 3 heterocycles. The van der Waals surface area contributed by atoms with Crippen molar-refractivity contribution < 1.29 is 57.4 Å². The first-order valence-corrected chi connectivity index (χ1v) is 25.4. The number of carbonyl (C=O) groups excluding carboxylic acids is 9. The molecule has 3 atom stereocenters. The number of likely N-dealkylation sites (tertiary alicyclic amines) is 1. The van der Waals surface area contributed by atoms with Gasteiger partial charge in [-0.3, -0.25) is 53.4 Å². The van der Waals surface area contributed by atoms with Gasteiger partial charge in [-0.1, -0.05) is 63.6 Å². The van der Waals surface area contributed by atoms with Crippen LogP contribution in [-0.4, -0.2) is 109 Å². The minimum atomic E-state index is -1.12. The van der Waals surface area contributed by atoms with Gasteiger partial charge >= 0.3 is 0 Å². The summed E-state index contributed by atoms with van der Waals surface area (Å²) in [5.74, 6) is -3.00. The molecule has 3 N–H and O–H groups in total. The maximum atomic E-state index is 13.7. The van der Waals surface area contributed by atoms with E-state index < -0.39 is 41.0 Å². The van der Waals surface area contributed by atoms with E-state index in [2.05, 4.69) is 22.5 Å². The second kappa shape index (κ2) is 25.5. The summed E-state index contributed by atoms with van der Waals surface area (Å²) in [5.41, 5.74) is 2.74. The van der Waals surface area contributed by atoms with Gasteiger partial charge in [0.25, 0.3) is 17.7 Å². The monoisotopic (exact) mass is 1000 g/mol. The number of amides is 7. The number of rotatable bonds is 26. The lowest BCUT2D eigenvalue weighted by atomic mass is 9.81. The molecule has 6 rings (SSSR count). The number of imide groups is 2. The van der Waals surface area contributed by atoms with Crippen LogP contribution in [0.3, 0.4) is 0 Å². The molecule has 2 fully saturated rings. The van der Waals surface area contributed by atoms with Crippen molar-refractivity contribution in [1.29, 1.82) is 0 Å². The van der Waals surface area contributed by atoms with E-state index in [0.29, 0.717) is 75.2 Å². The molecule has 17 heteroatoms. The summed E-state index contributed by atoms with van der Waals surface area (Å²) in [6.45, 7) is 10.6. The molecule has 17 nitrogen and oxygen atoms in total. The van der Waals surface area contributed by atoms with E-state index in [1.807, 2.05) is 57.2 Å². The Labute approximate surface area is 427 Å². The highest BCUT2D eigenvalue weighted by atomic mass is 16.5. The van der Waals surface area contributed by atoms with Gasteiger partial charge in [0.1, 0.15) is 18.4 Å². The average molecular weight is 1000 g/mol. The number of unbranched alkanes of at least 4 members (excludes halogenated alkanes) is 2. The van der Waals surface area contributed by atoms with Crippen molar-refractivity contribution in [1.82, 2.24) is 20.4 Å². The highest BCUT2D eigenvalue weighted by Crippen LogP contribution is 2.37. The molecule has 2 saturated heterocycles. The fourth-order valence-electron chi connectivity index (χ4n) is 9.49. The van der Waals surface area contributed by atoms with Gasteiger partial charge in [-0.05, 0) is 118 Å². The van der Waals surface area contributed by atoms with Crippen LogP contribution in [0.1, 0.15) is 148 Å². The quantitative estimate of drug-likeness (QED) is 0.0314. The first-order valence-electron chi connectivity index (χ1n) is 25.4. The number of methoxy groups -OCH3 is 2. The molecule has 0 bridgehead atoms. The molecule has 0 radical (unpaired) electrons. The molecule has 3 aliphatic heterocycles. The predicted octanol–water partition coefficient (Wildman–Crippen LogP) is 7.20. The van der Waals surface area contributed by atoms with Gasteiger partial charge in [0.05, 0.1) is 31.4 Å². The SMILES string of the molecule is C=C(C[C@H](CCc1ccc(OC)c(OC)c1)c1cccc(NC(=O)CCC(=O)NCCCCCC(=O)COc2cccc3c2C(=O)N(C2CCC(=O)NC2=O)C3=O)c1)C1CCCCN1C(=O)C(=O)C(C)(C)CC. The third-order valence-electron chi connectivity index (χ3n) is 14.2. The number of hydrogen-bond donors (Lipinski definition) is 3. The second-order valence-corrected chi connectivity index (χ2v) is 19.7. The van der Waals surface area contributed by atoms with Crippen LogP contribution in [0.15, 0.2) is 72.8 Å². The summed E-state index contributed by atoms with van der Waals surface area (Å²) in [7, 11) is 3.19. The Hall–Kier alpha value is -7.17. The number of hydrogen-bond acceptors (Lipinski definition) is 12. The predicted molar refractivity (Wildman–Crippen MR) is 272 cm³/mol. The largest absolute Gasteiger partial charge is 0.493 e.